The number of methoxy groups -OCH3 is 1. The lowest BCUT2D eigenvalue weighted by Crippen LogP contribution is -2.48. The molecule has 1 aliphatic heterocycles. The Morgan fingerprint density at radius 3 is 2.47 bits per heavy atom. The molecule has 0 bridgehead atoms. The Morgan fingerprint density at radius 2 is 1.81 bits per heavy atom. The number of carbonyl (C=O) groups excluding carboxylic acids is 3. The second-order valence-corrected chi connectivity index (χ2v) is 8.06. The van der Waals surface area contributed by atoms with Gasteiger partial charge in [-0.25, -0.2) is 14.4 Å². The van der Waals surface area contributed by atoms with Gasteiger partial charge in [-0.2, -0.15) is 5.26 Å². The summed E-state index contributed by atoms with van der Waals surface area (Å²) in [6.07, 6.45) is 0.715. The first-order chi connectivity index (χ1) is 17.4. The predicted molar refractivity (Wildman–Crippen MR) is 134 cm³/mol. The van der Waals surface area contributed by atoms with E-state index < -0.39 is 18.0 Å². The van der Waals surface area contributed by atoms with E-state index in [9.17, 15) is 14.4 Å². The van der Waals surface area contributed by atoms with Gasteiger partial charge < -0.3 is 25.4 Å². The zero-order valence-corrected chi connectivity index (χ0v) is 20.5. The number of hydrogen-bond acceptors (Lipinski definition) is 6. The molecule has 2 aromatic rings. The van der Waals surface area contributed by atoms with Gasteiger partial charge in [0.2, 0.25) is 0 Å². The Kier molecular flexibility index (Phi) is 9.02. The van der Waals surface area contributed by atoms with Crippen molar-refractivity contribution in [1.82, 2.24) is 10.2 Å². The first-order valence-corrected chi connectivity index (χ1v) is 11.5. The van der Waals surface area contributed by atoms with Crippen LogP contribution in [0, 0.1) is 11.3 Å². The molecule has 36 heavy (non-hydrogen) atoms. The third-order valence-corrected chi connectivity index (χ3v) is 5.51. The van der Waals surface area contributed by atoms with Crippen LogP contribution in [-0.2, 0) is 14.3 Å². The lowest BCUT2D eigenvalue weighted by atomic mass is 9.94. The predicted octanol–water partition coefficient (Wildman–Crippen LogP) is 4.14. The fourth-order valence-corrected chi connectivity index (χ4v) is 3.84. The smallest absolute Gasteiger partial charge is 0.338 e. The Morgan fingerprint density at radius 1 is 1.11 bits per heavy atom. The highest BCUT2D eigenvalue weighted by molar-refractivity contribution is 6.00. The molecule has 0 radical (unpaired) electrons. The van der Waals surface area contributed by atoms with Gasteiger partial charge in [-0.05, 0) is 49.2 Å². The van der Waals surface area contributed by atoms with Crippen molar-refractivity contribution >= 4 is 29.4 Å². The number of urea groups is 2. The Balaban J connectivity index is 1.85. The molecule has 0 saturated heterocycles. The van der Waals surface area contributed by atoms with Crippen LogP contribution in [0.5, 0.6) is 0 Å². The van der Waals surface area contributed by atoms with Crippen molar-refractivity contribution in [2.75, 3.05) is 37.5 Å². The van der Waals surface area contributed by atoms with Crippen molar-refractivity contribution in [3.63, 3.8) is 0 Å². The quantitative estimate of drug-likeness (QED) is 0.357. The van der Waals surface area contributed by atoms with Crippen molar-refractivity contribution in [2.24, 2.45) is 0 Å². The molecule has 1 heterocycles. The van der Waals surface area contributed by atoms with Crippen LogP contribution < -0.4 is 16.0 Å². The van der Waals surface area contributed by atoms with Crippen LogP contribution in [-0.4, -0.2) is 49.8 Å². The van der Waals surface area contributed by atoms with Gasteiger partial charge in [0.25, 0.3) is 0 Å². The van der Waals surface area contributed by atoms with E-state index in [1.165, 1.54) is 12.0 Å². The maximum Gasteiger partial charge on any atom is 0.338 e. The van der Waals surface area contributed by atoms with E-state index in [1.807, 2.05) is 13.0 Å². The Hall–Kier alpha value is -4.36. The highest BCUT2D eigenvalue weighted by Gasteiger charge is 2.36. The standard InChI is InChI=1S/C26H29N5O5/c1-4-11-31-17(2)22(24(32)36-13-12-35-3)23(30-26(31)34)19-8-6-10-21(15-19)29-25(33)28-20-9-5-7-18(14-20)16-27/h5-10,14-15,23H,4,11-13H2,1-3H3,(H,30,34)(H2,28,29,33). The lowest BCUT2D eigenvalue weighted by molar-refractivity contribution is -0.140. The van der Waals surface area contributed by atoms with E-state index in [-0.39, 0.29) is 19.2 Å². The second kappa shape index (κ2) is 12.4. The fraction of sp³-hybridized carbons (Fsp3) is 0.308. The number of nitrogens with zero attached hydrogens (tertiary/aromatic N) is 2. The molecule has 2 aromatic carbocycles. The third kappa shape index (κ3) is 6.40. The first-order valence-electron chi connectivity index (χ1n) is 11.5. The summed E-state index contributed by atoms with van der Waals surface area (Å²) in [6, 6.07) is 13.8. The molecule has 3 N–H and O–H groups in total. The molecule has 0 saturated carbocycles. The summed E-state index contributed by atoms with van der Waals surface area (Å²) in [5, 5.41) is 17.3. The van der Waals surface area contributed by atoms with Gasteiger partial charge >= 0.3 is 18.0 Å². The van der Waals surface area contributed by atoms with Gasteiger partial charge in [0, 0.05) is 30.7 Å². The number of allylic oxidation sites excluding steroid dienone is 1. The minimum absolute atomic E-state index is 0.0787. The molecule has 0 fully saturated rings. The molecular formula is C26H29N5O5. The highest BCUT2D eigenvalue weighted by atomic mass is 16.6. The first kappa shape index (κ1) is 26.2. The summed E-state index contributed by atoms with van der Waals surface area (Å²) < 4.78 is 10.4. The summed E-state index contributed by atoms with van der Waals surface area (Å²) in [6.45, 7) is 4.45. The number of hydrogen-bond donors (Lipinski definition) is 3. The SMILES string of the molecule is CCCN1C(=O)NC(c2cccc(NC(=O)Nc3cccc(C#N)c3)c2)C(C(=O)OCCOC)=C1C. The van der Waals surface area contributed by atoms with Gasteiger partial charge in [0.05, 0.1) is 29.9 Å². The topological polar surface area (TPSA) is 133 Å². The van der Waals surface area contributed by atoms with E-state index in [2.05, 4.69) is 16.0 Å². The summed E-state index contributed by atoms with van der Waals surface area (Å²) in [5.41, 5.74) is 2.78. The van der Waals surface area contributed by atoms with Crippen molar-refractivity contribution in [1.29, 1.82) is 5.26 Å². The Bertz CT molecular complexity index is 1200. The normalized spacial score (nSPS) is 15.1. The van der Waals surface area contributed by atoms with Crippen LogP contribution in [0.2, 0.25) is 0 Å². The molecule has 188 valence electrons. The van der Waals surface area contributed by atoms with Crippen LogP contribution in [0.15, 0.2) is 59.8 Å². The average Bonchev–Trinajstić information content (AvgIpc) is 2.86. The summed E-state index contributed by atoms with van der Waals surface area (Å²) in [7, 11) is 1.51. The van der Waals surface area contributed by atoms with Gasteiger partial charge in [-0.15, -0.1) is 0 Å². The molecule has 0 aliphatic carbocycles. The maximum absolute atomic E-state index is 13.0. The fourth-order valence-electron chi connectivity index (χ4n) is 3.84. The second-order valence-electron chi connectivity index (χ2n) is 8.06. The van der Waals surface area contributed by atoms with E-state index in [0.29, 0.717) is 46.7 Å². The molecule has 10 nitrogen and oxygen atoms in total. The van der Waals surface area contributed by atoms with Crippen molar-refractivity contribution in [3.8, 4) is 6.07 Å². The highest BCUT2D eigenvalue weighted by Crippen LogP contribution is 2.32. The van der Waals surface area contributed by atoms with E-state index >= 15 is 0 Å². The van der Waals surface area contributed by atoms with Gasteiger partial charge in [0.15, 0.2) is 0 Å². The van der Waals surface area contributed by atoms with Gasteiger partial charge in [-0.1, -0.05) is 25.1 Å². The summed E-state index contributed by atoms with van der Waals surface area (Å²) in [5.74, 6) is -0.552. The molecule has 1 unspecified atom stereocenters. The van der Waals surface area contributed by atoms with E-state index in [4.69, 9.17) is 14.7 Å². The molecule has 0 spiro atoms. The lowest BCUT2D eigenvalue weighted by Gasteiger charge is -2.35. The van der Waals surface area contributed by atoms with Crippen molar-refractivity contribution in [3.05, 3.63) is 70.9 Å². The maximum atomic E-state index is 13.0. The van der Waals surface area contributed by atoms with Crippen molar-refractivity contribution in [2.45, 2.75) is 26.3 Å². The Labute approximate surface area is 209 Å². The largest absolute Gasteiger partial charge is 0.460 e. The zero-order valence-electron chi connectivity index (χ0n) is 20.5. The summed E-state index contributed by atoms with van der Waals surface area (Å²) >= 11 is 0. The number of nitriles is 1. The molecule has 1 aliphatic rings. The van der Waals surface area contributed by atoms with Gasteiger partial charge in [-0.3, -0.25) is 4.90 Å². The zero-order chi connectivity index (χ0) is 26.1. The number of rotatable bonds is 9. The van der Waals surface area contributed by atoms with Crippen LogP contribution in [0.4, 0.5) is 21.0 Å². The number of ether oxygens (including phenoxy) is 2. The molecule has 4 amide bonds. The average molecular weight is 492 g/mol. The molecule has 3 rings (SSSR count). The minimum Gasteiger partial charge on any atom is -0.460 e. The minimum atomic E-state index is -0.766. The number of benzene rings is 2. The molecule has 0 aromatic heterocycles. The third-order valence-electron chi connectivity index (χ3n) is 5.51. The van der Waals surface area contributed by atoms with Crippen LogP contribution >= 0.6 is 0 Å². The number of amides is 4. The van der Waals surface area contributed by atoms with Crippen LogP contribution in [0.25, 0.3) is 0 Å². The number of nitrogens with one attached hydrogen (secondary N) is 3. The number of carbonyl (C=O) groups is 3. The molecule has 10 heteroatoms. The van der Waals surface area contributed by atoms with Crippen LogP contribution in [0.3, 0.4) is 0 Å². The van der Waals surface area contributed by atoms with Gasteiger partial charge in [0.1, 0.15) is 6.61 Å². The van der Waals surface area contributed by atoms with Crippen molar-refractivity contribution < 1.29 is 23.9 Å². The molecular weight excluding hydrogens is 462 g/mol. The number of anilines is 2. The number of esters is 1. The van der Waals surface area contributed by atoms with E-state index in [1.54, 1.807) is 55.5 Å². The van der Waals surface area contributed by atoms with E-state index in [0.717, 1.165) is 0 Å². The van der Waals surface area contributed by atoms with Crippen LogP contribution in [0.1, 0.15) is 37.4 Å². The monoisotopic (exact) mass is 491 g/mol. The summed E-state index contributed by atoms with van der Waals surface area (Å²) in [4.78, 5) is 39.9. The molecule has 1 atom stereocenters.